The van der Waals surface area contributed by atoms with Gasteiger partial charge in [0.15, 0.2) is 0 Å². The molecule has 3 nitrogen and oxygen atoms in total. The van der Waals surface area contributed by atoms with Crippen LogP contribution in [-0.2, 0) is 6.54 Å². The van der Waals surface area contributed by atoms with Crippen LogP contribution in [-0.4, -0.2) is 54.2 Å². The third-order valence-corrected chi connectivity index (χ3v) is 3.48. The second-order valence-electron chi connectivity index (χ2n) is 5.17. The Morgan fingerprint density at radius 2 is 2.06 bits per heavy atom. The Kier molecular flexibility index (Phi) is 4.15. The predicted octanol–water partition coefficient (Wildman–Crippen LogP) is 1.18. The molecule has 0 amide bonds. The van der Waals surface area contributed by atoms with Crippen LogP contribution in [0.1, 0.15) is 12.0 Å². The Morgan fingerprint density at radius 1 is 1.35 bits per heavy atom. The number of rotatable bonds is 4. The van der Waals surface area contributed by atoms with E-state index in [0.29, 0.717) is 6.04 Å². The molecule has 1 aromatic carbocycles. The van der Waals surface area contributed by atoms with E-state index in [-0.39, 0.29) is 6.10 Å². The summed E-state index contributed by atoms with van der Waals surface area (Å²) >= 11 is 0. The number of benzene rings is 1. The molecule has 1 aromatic rings. The lowest BCUT2D eigenvalue weighted by atomic mass is 10.1. The highest BCUT2D eigenvalue weighted by atomic mass is 16.3. The van der Waals surface area contributed by atoms with Gasteiger partial charge in [-0.3, -0.25) is 4.90 Å². The van der Waals surface area contributed by atoms with E-state index in [0.717, 1.165) is 26.1 Å². The molecule has 0 bridgehead atoms. The van der Waals surface area contributed by atoms with Crippen LogP contribution in [0.4, 0.5) is 0 Å². The lowest BCUT2D eigenvalue weighted by Crippen LogP contribution is -2.36. The summed E-state index contributed by atoms with van der Waals surface area (Å²) in [6.07, 6.45) is 0.755. The molecule has 1 fully saturated rings. The van der Waals surface area contributed by atoms with Crippen molar-refractivity contribution < 1.29 is 5.11 Å². The molecule has 3 heteroatoms. The number of likely N-dealkylation sites (N-methyl/N-ethyl adjacent to an activating group) is 2. The molecule has 2 rings (SSSR count). The highest BCUT2D eigenvalue weighted by Gasteiger charge is 2.28. The summed E-state index contributed by atoms with van der Waals surface area (Å²) in [6, 6.07) is 11.0. The summed E-state index contributed by atoms with van der Waals surface area (Å²) < 4.78 is 0. The van der Waals surface area contributed by atoms with Gasteiger partial charge in [0.25, 0.3) is 0 Å². The second kappa shape index (κ2) is 5.63. The summed E-state index contributed by atoms with van der Waals surface area (Å²) in [5.41, 5.74) is 1.34. The highest BCUT2D eigenvalue weighted by molar-refractivity contribution is 5.14. The van der Waals surface area contributed by atoms with E-state index in [2.05, 4.69) is 48.2 Å². The number of hydrogen-bond acceptors (Lipinski definition) is 3. The average Bonchev–Trinajstić information content (AvgIpc) is 2.58. The van der Waals surface area contributed by atoms with E-state index in [1.807, 2.05) is 6.07 Å². The minimum atomic E-state index is -0.143. The monoisotopic (exact) mass is 234 g/mol. The van der Waals surface area contributed by atoms with Gasteiger partial charge < -0.3 is 10.0 Å². The molecule has 1 saturated heterocycles. The summed E-state index contributed by atoms with van der Waals surface area (Å²) in [4.78, 5) is 4.58. The third-order valence-electron chi connectivity index (χ3n) is 3.48. The van der Waals surface area contributed by atoms with Crippen LogP contribution in [0.5, 0.6) is 0 Å². The number of aliphatic hydroxyl groups excluding tert-OH is 1. The largest absolute Gasteiger partial charge is 0.392 e. The zero-order chi connectivity index (χ0) is 12.3. The first kappa shape index (κ1) is 12.6. The van der Waals surface area contributed by atoms with Crippen LogP contribution >= 0.6 is 0 Å². The van der Waals surface area contributed by atoms with Crippen molar-refractivity contribution in [1.29, 1.82) is 0 Å². The van der Waals surface area contributed by atoms with Crippen LogP contribution in [0.2, 0.25) is 0 Å². The summed E-state index contributed by atoms with van der Waals surface area (Å²) in [5, 5.41) is 9.61. The Hall–Kier alpha value is -0.900. The molecule has 0 spiro atoms. The van der Waals surface area contributed by atoms with Gasteiger partial charge in [0, 0.05) is 25.7 Å². The molecule has 0 unspecified atom stereocenters. The van der Waals surface area contributed by atoms with Crippen molar-refractivity contribution in [3.05, 3.63) is 35.9 Å². The van der Waals surface area contributed by atoms with Gasteiger partial charge in [-0.1, -0.05) is 30.3 Å². The Bertz CT molecular complexity index is 341. The Morgan fingerprint density at radius 3 is 2.65 bits per heavy atom. The summed E-state index contributed by atoms with van der Waals surface area (Å²) in [6.45, 7) is 2.80. The standard InChI is InChI=1S/C14H22N2O/c1-15(9-12-6-4-3-5-7-12)10-13-8-14(17)11-16(13)2/h3-7,13-14,17H,8-11H2,1-2H3/t13-,14+/m0/s1. The van der Waals surface area contributed by atoms with E-state index < -0.39 is 0 Å². The van der Waals surface area contributed by atoms with Crippen LogP contribution in [0, 0.1) is 0 Å². The molecule has 0 saturated carbocycles. The number of aliphatic hydroxyl groups is 1. The number of nitrogens with zero attached hydrogens (tertiary/aromatic N) is 2. The van der Waals surface area contributed by atoms with Gasteiger partial charge in [-0.15, -0.1) is 0 Å². The van der Waals surface area contributed by atoms with Gasteiger partial charge in [-0.2, -0.15) is 0 Å². The molecule has 1 aliphatic heterocycles. The quantitative estimate of drug-likeness (QED) is 0.847. The van der Waals surface area contributed by atoms with Crippen molar-refractivity contribution in [3.63, 3.8) is 0 Å². The van der Waals surface area contributed by atoms with E-state index in [9.17, 15) is 5.11 Å². The smallest absolute Gasteiger partial charge is 0.0682 e. The third kappa shape index (κ3) is 3.53. The van der Waals surface area contributed by atoms with Crippen molar-refractivity contribution in [3.8, 4) is 0 Å². The van der Waals surface area contributed by atoms with Gasteiger partial charge in [0.05, 0.1) is 6.10 Å². The first-order chi connectivity index (χ1) is 8.15. The Balaban J connectivity index is 1.83. The van der Waals surface area contributed by atoms with Crippen molar-refractivity contribution in [2.45, 2.75) is 25.1 Å². The van der Waals surface area contributed by atoms with Gasteiger partial charge in [0.1, 0.15) is 0 Å². The number of hydrogen-bond donors (Lipinski definition) is 1. The maximum Gasteiger partial charge on any atom is 0.0682 e. The molecule has 17 heavy (non-hydrogen) atoms. The van der Waals surface area contributed by atoms with Crippen LogP contribution < -0.4 is 0 Å². The molecule has 1 N–H and O–H groups in total. The maximum atomic E-state index is 9.61. The fourth-order valence-electron chi connectivity index (χ4n) is 2.58. The molecule has 94 valence electrons. The molecule has 0 aromatic heterocycles. The van der Waals surface area contributed by atoms with E-state index >= 15 is 0 Å². The van der Waals surface area contributed by atoms with Gasteiger partial charge in [-0.05, 0) is 26.1 Å². The maximum absolute atomic E-state index is 9.61. The van der Waals surface area contributed by atoms with Gasteiger partial charge in [0.2, 0.25) is 0 Å². The first-order valence-corrected chi connectivity index (χ1v) is 6.26. The molecule has 0 radical (unpaired) electrons. The van der Waals surface area contributed by atoms with Crippen molar-refractivity contribution >= 4 is 0 Å². The summed E-state index contributed by atoms with van der Waals surface area (Å²) in [7, 11) is 4.24. The molecular weight excluding hydrogens is 212 g/mol. The summed E-state index contributed by atoms with van der Waals surface area (Å²) in [5.74, 6) is 0. The van der Waals surface area contributed by atoms with Crippen LogP contribution in [0.25, 0.3) is 0 Å². The highest BCUT2D eigenvalue weighted by Crippen LogP contribution is 2.17. The normalized spacial score (nSPS) is 25.6. The van der Waals surface area contributed by atoms with Gasteiger partial charge >= 0.3 is 0 Å². The fraction of sp³-hybridized carbons (Fsp3) is 0.571. The van der Waals surface area contributed by atoms with E-state index in [1.165, 1.54) is 5.56 Å². The number of β-amino-alcohol motifs (C(OH)–C–C–N with tert-alkyl or cyclic N) is 1. The zero-order valence-corrected chi connectivity index (χ0v) is 10.7. The Labute approximate surface area is 104 Å². The predicted molar refractivity (Wildman–Crippen MR) is 69.8 cm³/mol. The van der Waals surface area contributed by atoms with E-state index in [1.54, 1.807) is 0 Å². The van der Waals surface area contributed by atoms with Crippen LogP contribution in [0.3, 0.4) is 0 Å². The van der Waals surface area contributed by atoms with Crippen molar-refractivity contribution in [2.24, 2.45) is 0 Å². The second-order valence-corrected chi connectivity index (χ2v) is 5.17. The van der Waals surface area contributed by atoms with Crippen LogP contribution in [0.15, 0.2) is 30.3 Å². The average molecular weight is 234 g/mol. The lowest BCUT2D eigenvalue weighted by molar-refractivity contribution is 0.182. The molecular formula is C14H22N2O. The number of likely N-dealkylation sites (tertiary alicyclic amines) is 1. The van der Waals surface area contributed by atoms with Crippen molar-refractivity contribution in [1.82, 2.24) is 9.80 Å². The fourth-order valence-corrected chi connectivity index (χ4v) is 2.58. The zero-order valence-electron chi connectivity index (χ0n) is 10.7. The van der Waals surface area contributed by atoms with Gasteiger partial charge in [-0.25, -0.2) is 0 Å². The lowest BCUT2D eigenvalue weighted by Gasteiger charge is -2.25. The minimum absolute atomic E-state index is 0.143. The van der Waals surface area contributed by atoms with E-state index in [4.69, 9.17) is 0 Å². The molecule has 2 atom stereocenters. The van der Waals surface area contributed by atoms with Crippen molar-refractivity contribution in [2.75, 3.05) is 27.2 Å². The molecule has 1 heterocycles. The molecule has 0 aliphatic carbocycles. The first-order valence-electron chi connectivity index (χ1n) is 6.26. The minimum Gasteiger partial charge on any atom is -0.392 e. The topological polar surface area (TPSA) is 26.7 Å². The molecule has 1 aliphatic rings. The SMILES string of the molecule is CN(Cc1ccccc1)C[C@@H]1C[C@@H](O)CN1C.